The summed E-state index contributed by atoms with van der Waals surface area (Å²) in [7, 11) is 0. The number of thioether (sulfide) groups is 1. The molecule has 0 aliphatic carbocycles. The number of fused-ring (bicyclic) bond motifs is 1. The molecule has 0 amide bonds. The Morgan fingerprint density at radius 1 is 1.08 bits per heavy atom. The summed E-state index contributed by atoms with van der Waals surface area (Å²) in [6, 6.07) is 15.3. The second kappa shape index (κ2) is 6.60. The standard InChI is InChI=1S/C20H21FN2S/c21-17-6-3-4-15(12-17)14-22-19-20(8-10-24-11-9-20)13-16-5-1-2-7-18(16)23-19/h1-7,12H,8-11,13-14H2,(H,22,23). The van der Waals surface area contributed by atoms with E-state index in [4.69, 9.17) is 4.99 Å². The molecule has 4 heteroatoms. The molecular weight excluding hydrogens is 319 g/mol. The predicted molar refractivity (Wildman–Crippen MR) is 100 cm³/mol. The van der Waals surface area contributed by atoms with Gasteiger partial charge in [0, 0.05) is 11.1 Å². The van der Waals surface area contributed by atoms with Crippen LogP contribution in [0.1, 0.15) is 24.0 Å². The van der Waals surface area contributed by atoms with Crippen molar-refractivity contribution in [2.45, 2.75) is 25.8 Å². The third kappa shape index (κ3) is 3.07. The van der Waals surface area contributed by atoms with Crippen LogP contribution < -0.4 is 5.32 Å². The summed E-state index contributed by atoms with van der Waals surface area (Å²) >= 11 is 2.03. The molecule has 24 heavy (non-hydrogen) atoms. The lowest BCUT2D eigenvalue weighted by atomic mass is 9.73. The number of para-hydroxylation sites is 1. The van der Waals surface area contributed by atoms with Crippen molar-refractivity contribution in [1.82, 2.24) is 0 Å². The second-order valence-corrected chi connectivity index (χ2v) is 7.87. The summed E-state index contributed by atoms with van der Waals surface area (Å²) in [5.41, 5.74) is 3.59. The maximum Gasteiger partial charge on any atom is 0.123 e. The Bertz CT molecular complexity index is 766. The van der Waals surface area contributed by atoms with Gasteiger partial charge in [-0.25, -0.2) is 4.39 Å². The minimum absolute atomic E-state index is 0.118. The van der Waals surface area contributed by atoms with Crippen LogP contribution in [0.5, 0.6) is 0 Å². The molecule has 0 saturated carbocycles. The number of hydrogen-bond acceptors (Lipinski definition) is 2. The molecule has 0 unspecified atom stereocenters. The number of halogens is 1. The predicted octanol–water partition coefficient (Wildman–Crippen LogP) is 4.91. The van der Waals surface area contributed by atoms with E-state index in [2.05, 4.69) is 29.6 Å². The maximum atomic E-state index is 13.4. The fourth-order valence-corrected chi connectivity index (χ4v) is 4.97. The number of anilines is 1. The fraction of sp³-hybridized carbons (Fsp3) is 0.350. The lowest BCUT2D eigenvalue weighted by Gasteiger charge is -2.42. The zero-order valence-electron chi connectivity index (χ0n) is 13.6. The van der Waals surface area contributed by atoms with Gasteiger partial charge in [0.05, 0.1) is 6.54 Å². The van der Waals surface area contributed by atoms with Gasteiger partial charge in [0.15, 0.2) is 0 Å². The van der Waals surface area contributed by atoms with Gasteiger partial charge in [0.2, 0.25) is 0 Å². The van der Waals surface area contributed by atoms with Gasteiger partial charge in [0.25, 0.3) is 0 Å². The fourth-order valence-electron chi connectivity index (χ4n) is 3.69. The number of benzene rings is 2. The van der Waals surface area contributed by atoms with Crippen LogP contribution in [0.3, 0.4) is 0 Å². The molecular formula is C20H21FN2S. The van der Waals surface area contributed by atoms with Crippen LogP contribution in [-0.4, -0.2) is 17.3 Å². The number of nitrogens with zero attached hydrogens (tertiary/aromatic N) is 1. The topological polar surface area (TPSA) is 24.4 Å². The van der Waals surface area contributed by atoms with Crippen LogP contribution in [0.25, 0.3) is 0 Å². The van der Waals surface area contributed by atoms with Crippen molar-refractivity contribution in [3.05, 3.63) is 65.5 Å². The molecule has 2 aromatic rings. The molecule has 2 aromatic carbocycles. The Kier molecular flexibility index (Phi) is 4.31. The Morgan fingerprint density at radius 3 is 2.75 bits per heavy atom. The van der Waals surface area contributed by atoms with Crippen molar-refractivity contribution in [2.75, 3.05) is 16.8 Å². The molecule has 1 saturated heterocycles. The highest BCUT2D eigenvalue weighted by molar-refractivity contribution is 7.99. The summed E-state index contributed by atoms with van der Waals surface area (Å²) in [4.78, 5) is 4.90. The van der Waals surface area contributed by atoms with Gasteiger partial charge in [0.1, 0.15) is 11.7 Å². The Balaban J connectivity index is 1.66. The first-order chi connectivity index (χ1) is 11.8. The molecule has 0 aromatic heterocycles. The highest BCUT2D eigenvalue weighted by Crippen LogP contribution is 2.44. The SMILES string of the molecule is Fc1cccc(CN=C2Nc3ccccc3CC23CCSCC3)c1. The van der Waals surface area contributed by atoms with Gasteiger partial charge in [-0.1, -0.05) is 30.3 Å². The molecule has 4 rings (SSSR count). The summed E-state index contributed by atoms with van der Waals surface area (Å²) in [5, 5.41) is 3.59. The van der Waals surface area contributed by atoms with Gasteiger partial charge in [-0.2, -0.15) is 11.8 Å². The molecule has 0 atom stereocenters. The summed E-state index contributed by atoms with van der Waals surface area (Å²) in [6.45, 7) is 0.525. The van der Waals surface area contributed by atoms with Crippen molar-refractivity contribution in [3.63, 3.8) is 0 Å². The van der Waals surface area contributed by atoms with Crippen molar-refractivity contribution >= 4 is 23.3 Å². The van der Waals surface area contributed by atoms with Crippen molar-refractivity contribution in [1.29, 1.82) is 0 Å². The first-order valence-electron chi connectivity index (χ1n) is 8.47. The van der Waals surface area contributed by atoms with E-state index in [1.807, 2.05) is 17.8 Å². The number of rotatable bonds is 2. The lowest BCUT2D eigenvalue weighted by Crippen LogP contribution is -2.44. The van der Waals surface area contributed by atoms with Crippen LogP contribution in [0.2, 0.25) is 0 Å². The van der Waals surface area contributed by atoms with E-state index < -0.39 is 0 Å². The lowest BCUT2D eigenvalue weighted by molar-refractivity contribution is 0.377. The van der Waals surface area contributed by atoms with Crippen molar-refractivity contribution in [2.24, 2.45) is 10.4 Å². The van der Waals surface area contributed by atoms with Gasteiger partial charge in [-0.15, -0.1) is 0 Å². The van der Waals surface area contributed by atoms with E-state index in [0.29, 0.717) is 6.54 Å². The first-order valence-corrected chi connectivity index (χ1v) is 9.63. The summed E-state index contributed by atoms with van der Waals surface area (Å²) < 4.78 is 13.4. The van der Waals surface area contributed by atoms with Crippen LogP contribution in [0.15, 0.2) is 53.5 Å². The van der Waals surface area contributed by atoms with Gasteiger partial charge in [-0.3, -0.25) is 4.99 Å². The van der Waals surface area contributed by atoms with Gasteiger partial charge >= 0.3 is 0 Å². The van der Waals surface area contributed by atoms with E-state index in [0.717, 1.165) is 30.7 Å². The van der Waals surface area contributed by atoms with Gasteiger partial charge in [-0.05, 0) is 60.1 Å². The molecule has 0 bridgehead atoms. The molecule has 0 radical (unpaired) electrons. The number of amidine groups is 1. The van der Waals surface area contributed by atoms with Crippen molar-refractivity contribution < 1.29 is 4.39 Å². The Hall–Kier alpha value is -1.81. The minimum Gasteiger partial charge on any atom is -0.343 e. The summed E-state index contributed by atoms with van der Waals surface area (Å²) in [5.74, 6) is 3.26. The van der Waals surface area contributed by atoms with E-state index in [9.17, 15) is 4.39 Å². The van der Waals surface area contributed by atoms with E-state index >= 15 is 0 Å². The van der Waals surface area contributed by atoms with E-state index in [1.165, 1.54) is 28.8 Å². The molecule has 2 aliphatic heterocycles. The maximum absolute atomic E-state index is 13.4. The third-order valence-electron chi connectivity index (χ3n) is 5.06. The highest BCUT2D eigenvalue weighted by Gasteiger charge is 2.41. The molecule has 2 nitrogen and oxygen atoms in total. The minimum atomic E-state index is -0.196. The number of nitrogens with one attached hydrogen (secondary N) is 1. The number of hydrogen-bond donors (Lipinski definition) is 1. The van der Waals surface area contributed by atoms with Crippen LogP contribution in [0, 0.1) is 11.2 Å². The number of aliphatic imine (C=N–C) groups is 1. The van der Waals surface area contributed by atoms with E-state index in [1.54, 1.807) is 12.1 Å². The second-order valence-electron chi connectivity index (χ2n) is 6.65. The molecule has 2 aliphatic rings. The molecule has 124 valence electrons. The Morgan fingerprint density at radius 2 is 1.92 bits per heavy atom. The molecule has 1 N–H and O–H groups in total. The molecule has 1 fully saturated rings. The molecule has 2 heterocycles. The monoisotopic (exact) mass is 340 g/mol. The Labute approximate surface area is 146 Å². The first kappa shape index (κ1) is 15.7. The largest absolute Gasteiger partial charge is 0.343 e. The normalized spacial score (nSPS) is 20.6. The zero-order chi connectivity index (χ0) is 16.4. The average Bonchev–Trinajstić information content (AvgIpc) is 2.61. The van der Waals surface area contributed by atoms with Gasteiger partial charge < -0.3 is 5.32 Å². The van der Waals surface area contributed by atoms with Crippen molar-refractivity contribution in [3.8, 4) is 0 Å². The smallest absolute Gasteiger partial charge is 0.123 e. The third-order valence-corrected chi connectivity index (χ3v) is 6.05. The summed E-state index contributed by atoms with van der Waals surface area (Å²) in [6.07, 6.45) is 3.36. The van der Waals surface area contributed by atoms with Crippen LogP contribution >= 0.6 is 11.8 Å². The van der Waals surface area contributed by atoms with E-state index in [-0.39, 0.29) is 11.2 Å². The van der Waals surface area contributed by atoms with Crippen LogP contribution in [-0.2, 0) is 13.0 Å². The highest BCUT2D eigenvalue weighted by atomic mass is 32.2. The molecule has 1 spiro atoms. The van der Waals surface area contributed by atoms with Crippen LogP contribution in [0.4, 0.5) is 10.1 Å². The quantitative estimate of drug-likeness (QED) is 0.840. The zero-order valence-corrected chi connectivity index (χ0v) is 14.4. The average molecular weight is 340 g/mol.